The molecule has 0 radical (unpaired) electrons. The van der Waals surface area contributed by atoms with Crippen molar-refractivity contribution in [2.75, 3.05) is 18.0 Å². The molecule has 9 heteroatoms. The lowest BCUT2D eigenvalue weighted by atomic mass is 9.90. The number of rotatable bonds is 2. The Hall–Kier alpha value is -2.71. The first-order chi connectivity index (χ1) is 13.9. The van der Waals surface area contributed by atoms with Crippen LogP contribution in [0.3, 0.4) is 0 Å². The summed E-state index contributed by atoms with van der Waals surface area (Å²) in [6.45, 7) is 1.96. The molecule has 8 nitrogen and oxygen atoms in total. The first-order valence-corrected chi connectivity index (χ1v) is 9.96. The lowest BCUT2D eigenvalue weighted by Gasteiger charge is -2.24. The molecule has 3 aliphatic rings. The SMILES string of the molecule is Cl.N[C@@H]1[C@H]2CN(c3ccc4c(c3)CCCCc3c-4[nH]c(=O)c(OC(=O)O)c3O)C[C@@H]12. The Morgan fingerprint density at radius 3 is 2.60 bits per heavy atom. The Bertz CT molecular complexity index is 1060. The van der Waals surface area contributed by atoms with Crippen molar-refractivity contribution < 1.29 is 19.7 Å². The van der Waals surface area contributed by atoms with Crippen molar-refractivity contribution in [2.45, 2.75) is 31.7 Å². The second-order valence-corrected chi connectivity index (χ2v) is 8.21. The lowest BCUT2D eigenvalue weighted by molar-refractivity contribution is 0.142. The Balaban J connectivity index is 0.00000218. The first kappa shape index (κ1) is 20.6. The summed E-state index contributed by atoms with van der Waals surface area (Å²) in [5.74, 6) is 0.233. The number of piperidine rings is 1. The molecule has 1 aliphatic heterocycles. The third kappa shape index (κ3) is 3.30. The average molecular weight is 434 g/mol. The zero-order valence-electron chi connectivity index (χ0n) is 16.3. The van der Waals surface area contributed by atoms with Gasteiger partial charge in [-0.3, -0.25) is 4.79 Å². The fraction of sp³-hybridized carbons (Fsp3) is 0.429. The van der Waals surface area contributed by atoms with E-state index in [2.05, 4.69) is 20.7 Å². The molecule has 3 atom stereocenters. The molecule has 1 saturated carbocycles. The molecule has 0 unspecified atom stereocenters. The van der Waals surface area contributed by atoms with E-state index in [9.17, 15) is 14.7 Å². The highest BCUT2D eigenvalue weighted by Crippen LogP contribution is 2.46. The molecule has 1 saturated heterocycles. The van der Waals surface area contributed by atoms with Crippen LogP contribution < -0.4 is 20.9 Å². The van der Waals surface area contributed by atoms with Crippen LogP contribution in [0.2, 0.25) is 0 Å². The van der Waals surface area contributed by atoms with E-state index in [-0.39, 0.29) is 12.4 Å². The summed E-state index contributed by atoms with van der Waals surface area (Å²) in [5, 5.41) is 19.4. The quantitative estimate of drug-likeness (QED) is 0.535. The van der Waals surface area contributed by atoms with E-state index in [4.69, 9.17) is 10.8 Å². The van der Waals surface area contributed by atoms with Crippen LogP contribution in [-0.2, 0) is 12.8 Å². The highest BCUT2D eigenvalue weighted by atomic mass is 35.5. The molecule has 1 aromatic carbocycles. The normalized spacial score (nSPS) is 23.9. The van der Waals surface area contributed by atoms with Crippen LogP contribution in [0, 0.1) is 11.8 Å². The van der Waals surface area contributed by atoms with Gasteiger partial charge in [0.1, 0.15) is 0 Å². The Morgan fingerprint density at radius 1 is 1.20 bits per heavy atom. The van der Waals surface area contributed by atoms with E-state index in [1.54, 1.807) is 0 Å². The van der Waals surface area contributed by atoms with Gasteiger partial charge in [-0.2, -0.15) is 0 Å². The van der Waals surface area contributed by atoms with Gasteiger partial charge in [-0.15, -0.1) is 12.4 Å². The molecular formula is C21H24ClN3O5. The zero-order valence-corrected chi connectivity index (χ0v) is 17.1. The van der Waals surface area contributed by atoms with Gasteiger partial charge in [0, 0.05) is 35.9 Å². The van der Waals surface area contributed by atoms with E-state index in [1.165, 1.54) is 0 Å². The number of nitrogens with zero attached hydrogens (tertiary/aromatic N) is 1. The largest absolute Gasteiger partial charge is 0.511 e. The topological polar surface area (TPSA) is 129 Å². The van der Waals surface area contributed by atoms with Gasteiger partial charge in [0.25, 0.3) is 5.56 Å². The number of aromatic nitrogens is 1. The number of pyridine rings is 1. The van der Waals surface area contributed by atoms with E-state index >= 15 is 0 Å². The second kappa shape index (κ2) is 7.52. The molecule has 1 aromatic heterocycles. The number of hydrogen-bond donors (Lipinski definition) is 4. The average Bonchev–Trinajstić information content (AvgIpc) is 3.08. The number of carboxylic acid groups (broad SMARTS) is 1. The Kier molecular flexibility index (Phi) is 5.15. The van der Waals surface area contributed by atoms with Crippen LogP contribution in [0.15, 0.2) is 23.0 Å². The van der Waals surface area contributed by atoms with Crippen LogP contribution in [-0.4, -0.2) is 40.5 Å². The summed E-state index contributed by atoms with van der Waals surface area (Å²) in [6.07, 6.45) is 1.51. The number of hydrogen-bond acceptors (Lipinski definition) is 6. The minimum atomic E-state index is -1.63. The molecule has 2 aromatic rings. The van der Waals surface area contributed by atoms with Crippen LogP contribution in [0.4, 0.5) is 10.5 Å². The summed E-state index contributed by atoms with van der Waals surface area (Å²) in [5.41, 5.74) is 9.48. The maximum Gasteiger partial charge on any atom is 0.511 e. The maximum atomic E-state index is 12.4. The number of aryl methyl sites for hydroxylation is 1. The maximum absolute atomic E-state index is 12.4. The van der Waals surface area contributed by atoms with Crippen LogP contribution in [0.25, 0.3) is 11.3 Å². The summed E-state index contributed by atoms with van der Waals surface area (Å²) < 4.78 is 4.52. The highest BCUT2D eigenvalue weighted by molar-refractivity contribution is 5.85. The van der Waals surface area contributed by atoms with E-state index in [1.807, 2.05) is 12.1 Å². The van der Waals surface area contributed by atoms with Gasteiger partial charge < -0.3 is 30.6 Å². The van der Waals surface area contributed by atoms with E-state index < -0.39 is 23.2 Å². The molecule has 0 bridgehead atoms. The highest BCUT2D eigenvalue weighted by Gasteiger charge is 2.53. The number of carbonyl (C=O) groups is 1. The number of H-pyrrole nitrogens is 1. The third-order valence-corrected chi connectivity index (χ3v) is 6.54. The number of nitrogens with two attached hydrogens (primary N) is 1. The zero-order chi connectivity index (χ0) is 20.3. The molecule has 2 heterocycles. The van der Waals surface area contributed by atoms with E-state index in [0.29, 0.717) is 35.6 Å². The first-order valence-electron chi connectivity index (χ1n) is 9.96. The molecule has 2 fully saturated rings. The summed E-state index contributed by atoms with van der Waals surface area (Å²) in [4.78, 5) is 28.4. The summed E-state index contributed by atoms with van der Waals surface area (Å²) >= 11 is 0. The molecule has 5 rings (SSSR count). The van der Waals surface area contributed by atoms with Gasteiger partial charge in [0.15, 0.2) is 5.75 Å². The van der Waals surface area contributed by atoms with Crippen LogP contribution in [0.5, 0.6) is 11.5 Å². The van der Waals surface area contributed by atoms with Gasteiger partial charge in [-0.05, 0) is 55.2 Å². The second-order valence-electron chi connectivity index (χ2n) is 8.21. The van der Waals surface area contributed by atoms with Crippen molar-refractivity contribution in [3.8, 4) is 22.8 Å². The number of aromatic amines is 1. The van der Waals surface area contributed by atoms with Crippen molar-refractivity contribution in [1.29, 1.82) is 0 Å². The van der Waals surface area contributed by atoms with Crippen molar-refractivity contribution in [3.05, 3.63) is 39.7 Å². The van der Waals surface area contributed by atoms with Crippen LogP contribution >= 0.6 is 12.4 Å². The smallest absolute Gasteiger partial charge is 0.504 e. The number of ether oxygens (including phenoxy) is 1. The van der Waals surface area contributed by atoms with Gasteiger partial charge in [0.2, 0.25) is 5.75 Å². The number of nitrogens with one attached hydrogen (secondary N) is 1. The minimum Gasteiger partial charge on any atom is -0.504 e. The fourth-order valence-corrected chi connectivity index (χ4v) is 4.89. The number of benzene rings is 1. The number of fused-ring (bicyclic) bond motifs is 4. The molecule has 5 N–H and O–H groups in total. The summed E-state index contributed by atoms with van der Waals surface area (Å²) in [6, 6.07) is 6.53. The van der Waals surface area contributed by atoms with E-state index in [0.717, 1.165) is 49.2 Å². The molecular weight excluding hydrogens is 410 g/mol. The Labute approximate surface area is 179 Å². The monoisotopic (exact) mass is 433 g/mol. The fourth-order valence-electron chi connectivity index (χ4n) is 4.89. The molecule has 0 amide bonds. The summed E-state index contributed by atoms with van der Waals surface area (Å²) in [7, 11) is 0. The molecule has 0 spiro atoms. The predicted octanol–water partition coefficient (Wildman–Crippen LogP) is 2.50. The van der Waals surface area contributed by atoms with Crippen molar-refractivity contribution in [3.63, 3.8) is 0 Å². The minimum absolute atomic E-state index is 0. The van der Waals surface area contributed by atoms with Gasteiger partial charge in [-0.1, -0.05) is 6.07 Å². The lowest BCUT2D eigenvalue weighted by Crippen LogP contribution is -2.28. The Morgan fingerprint density at radius 2 is 1.90 bits per heavy atom. The molecule has 2 aliphatic carbocycles. The standard InChI is InChI=1S/C21H23N3O5.ClH/c22-16-14-8-24(9-15(14)16)11-5-6-12-10(7-11)3-1-2-4-13-17(12)23-20(26)19(18(13)25)29-21(27)28;/h5-7,14-16H,1-4,8-9,22H2,(H,27,28)(H2,23,25,26);1H/t14-,15+,16+;. The number of anilines is 1. The van der Waals surface area contributed by atoms with Gasteiger partial charge in [0.05, 0.1) is 5.69 Å². The van der Waals surface area contributed by atoms with Gasteiger partial charge >= 0.3 is 6.16 Å². The number of halogens is 1. The third-order valence-electron chi connectivity index (χ3n) is 6.54. The van der Waals surface area contributed by atoms with Crippen LogP contribution in [0.1, 0.15) is 24.0 Å². The van der Waals surface area contributed by atoms with Crippen molar-refractivity contribution in [2.24, 2.45) is 17.6 Å². The van der Waals surface area contributed by atoms with Gasteiger partial charge in [-0.25, -0.2) is 4.79 Å². The predicted molar refractivity (Wildman–Crippen MR) is 114 cm³/mol. The molecule has 30 heavy (non-hydrogen) atoms. The van der Waals surface area contributed by atoms with Crippen molar-refractivity contribution in [1.82, 2.24) is 4.98 Å². The molecule has 160 valence electrons. The van der Waals surface area contributed by atoms with Crippen molar-refractivity contribution >= 4 is 24.2 Å². The number of aromatic hydroxyl groups is 1.